The van der Waals surface area contributed by atoms with Crippen molar-refractivity contribution in [3.8, 4) is 5.75 Å². The van der Waals surface area contributed by atoms with E-state index in [-0.39, 0.29) is 12.4 Å². The van der Waals surface area contributed by atoms with E-state index < -0.39 is 11.6 Å². The van der Waals surface area contributed by atoms with E-state index in [4.69, 9.17) is 22.1 Å². The fourth-order valence-electron chi connectivity index (χ4n) is 1.43. The van der Waals surface area contributed by atoms with E-state index in [1.165, 1.54) is 6.07 Å². The summed E-state index contributed by atoms with van der Waals surface area (Å²) >= 11 is 5.95. The molecule has 0 heterocycles. The van der Waals surface area contributed by atoms with E-state index in [0.29, 0.717) is 16.3 Å². The van der Waals surface area contributed by atoms with Crippen molar-refractivity contribution in [2.75, 3.05) is 5.73 Å². The molecule has 0 saturated heterocycles. The summed E-state index contributed by atoms with van der Waals surface area (Å²) in [7, 11) is 0. The minimum absolute atomic E-state index is 0.0238. The molecule has 2 N–H and O–H groups in total. The van der Waals surface area contributed by atoms with E-state index in [1.807, 2.05) is 0 Å². The van der Waals surface area contributed by atoms with Gasteiger partial charge in [-0.15, -0.1) is 0 Å². The highest BCUT2D eigenvalue weighted by molar-refractivity contribution is 6.31. The van der Waals surface area contributed by atoms with Crippen LogP contribution in [0.25, 0.3) is 0 Å². The Morgan fingerprint density at radius 3 is 2.56 bits per heavy atom. The van der Waals surface area contributed by atoms with Gasteiger partial charge in [-0.25, -0.2) is 8.78 Å². The molecule has 0 bridgehead atoms. The molecule has 0 aliphatic rings. The second-order valence-electron chi connectivity index (χ2n) is 3.71. The number of ether oxygens (including phenoxy) is 1. The number of hydrogen-bond donors (Lipinski definition) is 1. The van der Waals surface area contributed by atoms with Crippen molar-refractivity contribution in [1.82, 2.24) is 0 Å². The van der Waals surface area contributed by atoms with Gasteiger partial charge in [0.1, 0.15) is 12.4 Å². The lowest BCUT2D eigenvalue weighted by molar-refractivity contribution is 0.289. The van der Waals surface area contributed by atoms with Crippen LogP contribution < -0.4 is 10.5 Å². The van der Waals surface area contributed by atoms with Gasteiger partial charge in [0.05, 0.1) is 0 Å². The van der Waals surface area contributed by atoms with Crippen LogP contribution in [0.5, 0.6) is 5.75 Å². The van der Waals surface area contributed by atoms with Crippen LogP contribution in [0.2, 0.25) is 5.02 Å². The van der Waals surface area contributed by atoms with Crippen LogP contribution in [0.4, 0.5) is 14.5 Å². The second kappa shape index (κ2) is 5.23. The first-order chi connectivity index (χ1) is 8.56. The van der Waals surface area contributed by atoms with Gasteiger partial charge in [0.25, 0.3) is 0 Å². The summed E-state index contributed by atoms with van der Waals surface area (Å²) in [6.07, 6.45) is 0. The summed E-state index contributed by atoms with van der Waals surface area (Å²) in [6, 6.07) is 8.07. The Morgan fingerprint density at radius 2 is 1.89 bits per heavy atom. The van der Waals surface area contributed by atoms with Gasteiger partial charge >= 0.3 is 0 Å². The molecule has 18 heavy (non-hydrogen) atoms. The lowest BCUT2D eigenvalue weighted by Crippen LogP contribution is -1.99. The SMILES string of the molecule is Nc1ccc(COc2ccc(F)cc2F)c(Cl)c1. The van der Waals surface area contributed by atoms with Gasteiger partial charge < -0.3 is 10.5 Å². The first-order valence-electron chi connectivity index (χ1n) is 5.18. The summed E-state index contributed by atoms with van der Waals surface area (Å²) in [5.74, 6) is -1.42. The van der Waals surface area contributed by atoms with Gasteiger partial charge in [0.2, 0.25) is 0 Å². The number of rotatable bonds is 3. The fraction of sp³-hybridized carbons (Fsp3) is 0.0769. The minimum Gasteiger partial charge on any atom is -0.486 e. The standard InChI is InChI=1S/C13H10ClF2NO/c14-11-6-10(17)3-1-8(11)7-18-13-4-2-9(15)5-12(13)16/h1-6H,7,17H2. The molecule has 2 aromatic carbocycles. The molecule has 0 saturated carbocycles. The molecule has 0 amide bonds. The number of hydrogen-bond acceptors (Lipinski definition) is 2. The fourth-order valence-corrected chi connectivity index (χ4v) is 1.67. The Morgan fingerprint density at radius 1 is 1.11 bits per heavy atom. The smallest absolute Gasteiger partial charge is 0.167 e. The first kappa shape index (κ1) is 12.6. The van der Waals surface area contributed by atoms with E-state index in [2.05, 4.69) is 0 Å². The molecule has 0 aliphatic heterocycles. The van der Waals surface area contributed by atoms with Crippen LogP contribution in [0.1, 0.15) is 5.56 Å². The zero-order chi connectivity index (χ0) is 13.1. The Balaban J connectivity index is 2.11. The predicted molar refractivity (Wildman–Crippen MR) is 66.6 cm³/mol. The Bertz CT molecular complexity index is 523. The molecule has 94 valence electrons. The third-order valence-corrected chi connectivity index (χ3v) is 2.71. The molecule has 0 aromatic heterocycles. The van der Waals surface area contributed by atoms with Gasteiger partial charge in [-0.3, -0.25) is 0 Å². The van der Waals surface area contributed by atoms with E-state index in [0.717, 1.165) is 12.1 Å². The molecule has 0 radical (unpaired) electrons. The highest BCUT2D eigenvalue weighted by Crippen LogP contribution is 2.23. The first-order valence-corrected chi connectivity index (χ1v) is 5.56. The molecule has 2 nitrogen and oxygen atoms in total. The molecule has 5 heteroatoms. The zero-order valence-electron chi connectivity index (χ0n) is 9.29. The molecule has 0 aliphatic carbocycles. The van der Waals surface area contributed by atoms with Gasteiger partial charge in [0, 0.05) is 22.3 Å². The zero-order valence-corrected chi connectivity index (χ0v) is 10.0. The molecule has 0 atom stereocenters. The van der Waals surface area contributed by atoms with Crippen LogP contribution in [-0.4, -0.2) is 0 Å². The van der Waals surface area contributed by atoms with Crippen LogP contribution >= 0.6 is 11.6 Å². The highest BCUT2D eigenvalue weighted by Gasteiger charge is 2.07. The average molecular weight is 270 g/mol. The Kier molecular flexibility index (Phi) is 3.67. The summed E-state index contributed by atoms with van der Waals surface area (Å²) in [6.45, 7) is 0.0850. The van der Waals surface area contributed by atoms with E-state index in [9.17, 15) is 8.78 Å². The van der Waals surface area contributed by atoms with E-state index in [1.54, 1.807) is 18.2 Å². The summed E-state index contributed by atoms with van der Waals surface area (Å²) in [5.41, 5.74) is 6.76. The maximum atomic E-state index is 13.3. The van der Waals surface area contributed by atoms with Crippen molar-refractivity contribution in [2.24, 2.45) is 0 Å². The van der Waals surface area contributed by atoms with Crippen LogP contribution in [-0.2, 0) is 6.61 Å². The number of benzene rings is 2. The third-order valence-electron chi connectivity index (χ3n) is 2.35. The summed E-state index contributed by atoms with van der Waals surface area (Å²) in [5, 5.41) is 0.442. The van der Waals surface area contributed by atoms with Gasteiger partial charge in [0.15, 0.2) is 11.6 Å². The topological polar surface area (TPSA) is 35.2 Å². The molecule has 2 rings (SSSR count). The van der Waals surface area contributed by atoms with Crippen LogP contribution in [0.15, 0.2) is 36.4 Å². The maximum absolute atomic E-state index is 13.3. The summed E-state index contributed by atoms with van der Waals surface area (Å²) < 4.78 is 31.2. The normalized spacial score (nSPS) is 10.4. The number of anilines is 1. The monoisotopic (exact) mass is 269 g/mol. The van der Waals surface area contributed by atoms with Crippen LogP contribution in [0, 0.1) is 11.6 Å². The van der Waals surface area contributed by atoms with Gasteiger partial charge in [-0.1, -0.05) is 17.7 Å². The third kappa shape index (κ3) is 2.90. The molecule has 0 fully saturated rings. The quantitative estimate of drug-likeness (QED) is 0.861. The average Bonchev–Trinajstić information content (AvgIpc) is 2.30. The van der Waals surface area contributed by atoms with Crippen molar-refractivity contribution >= 4 is 17.3 Å². The summed E-state index contributed by atoms with van der Waals surface area (Å²) in [4.78, 5) is 0. The number of halogens is 3. The Labute approximate surface area is 108 Å². The van der Waals surface area contributed by atoms with Crippen molar-refractivity contribution in [1.29, 1.82) is 0 Å². The maximum Gasteiger partial charge on any atom is 0.167 e. The van der Waals surface area contributed by atoms with Gasteiger partial charge in [-0.2, -0.15) is 0 Å². The molecule has 0 unspecified atom stereocenters. The van der Waals surface area contributed by atoms with Gasteiger partial charge in [-0.05, 0) is 24.3 Å². The van der Waals surface area contributed by atoms with Crippen molar-refractivity contribution in [3.63, 3.8) is 0 Å². The van der Waals surface area contributed by atoms with Crippen molar-refractivity contribution in [2.45, 2.75) is 6.61 Å². The predicted octanol–water partition coefficient (Wildman–Crippen LogP) is 3.78. The van der Waals surface area contributed by atoms with Crippen molar-refractivity contribution < 1.29 is 13.5 Å². The lowest BCUT2D eigenvalue weighted by Gasteiger charge is -2.09. The number of nitrogen functional groups attached to an aromatic ring is 1. The molecule has 2 aromatic rings. The largest absolute Gasteiger partial charge is 0.486 e. The van der Waals surface area contributed by atoms with Crippen LogP contribution in [0.3, 0.4) is 0 Å². The Hall–Kier alpha value is -1.81. The molecular formula is C13H10ClF2NO. The van der Waals surface area contributed by atoms with E-state index >= 15 is 0 Å². The molecular weight excluding hydrogens is 260 g/mol. The van der Waals surface area contributed by atoms with Crippen molar-refractivity contribution in [3.05, 3.63) is 58.6 Å². The second-order valence-corrected chi connectivity index (χ2v) is 4.12. The lowest BCUT2D eigenvalue weighted by atomic mass is 10.2. The minimum atomic E-state index is -0.749. The molecule has 0 spiro atoms. The number of nitrogens with two attached hydrogens (primary N) is 1. The highest BCUT2D eigenvalue weighted by atomic mass is 35.5.